The lowest BCUT2D eigenvalue weighted by Gasteiger charge is -2.15. The first kappa shape index (κ1) is 12.1. The summed E-state index contributed by atoms with van der Waals surface area (Å²) < 4.78 is 43.2. The number of rotatable bonds is 3. The number of aliphatic hydroxyl groups excluding tert-OH is 1. The molecule has 94 valence electrons. The van der Waals surface area contributed by atoms with Crippen LogP contribution in [0.2, 0.25) is 0 Å². The molecule has 0 saturated heterocycles. The second-order valence-corrected chi connectivity index (χ2v) is 3.67. The van der Waals surface area contributed by atoms with Gasteiger partial charge in [-0.1, -0.05) is 12.2 Å². The van der Waals surface area contributed by atoms with E-state index in [0.29, 0.717) is 0 Å². The van der Waals surface area contributed by atoms with E-state index in [1.807, 2.05) is 0 Å². The van der Waals surface area contributed by atoms with Crippen LogP contribution in [0.5, 0.6) is 0 Å². The van der Waals surface area contributed by atoms with Crippen LogP contribution in [0.4, 0.5) is 13.2 Å². The van der Waals surface area contributed by atoms with Crippen LogP contribution in [0, 0.1) is 0 Å². The van der Waals surface area contributed by atoms with E-state index in [4.69, 9.17) is 9.84 Å². The van der Waals surface area contributed by atoms with E-state index < -0.39 is 35.4 Å². The van der Waals surface area contributed by atoms with Gasteiger partial charge < -0.3 is 15.2 Å². The Balaban J connectivity index is 2.28. The molecule has 2 heterocycles. The fraction of sp³-hybridized carbons (Fsp3) is 0.500. The number of halogens is 3. The molecule has 1 amide bonds. The highest BCUT2D eigenvalue weighted by molar-refractivity contribution is 5.97. The Morgan fingerprint density at radius 1 is 1.41 bits per heavy atom. The standard InChI is InChI=1S/C10H10F3NO3/c11-10(12,13)8-6-2-1-5(17-6)7(8)9(16)14-3-4-15/h1-2,5-6,15H,3-4H2,(H,14,16). The van der Waals surface area contributed by atoms with Gasteiger partial charge in [-0.25, -0.2) is 0 Å². The van der Waals surface area contributed by atoms with Crippen molar-refractivity contribution in [2.75, 3.05) is 13.2 Å². The average Bonchev–Trinajstić information content (AvgIpc) is 2.83. The van der Waals surface area contributed by atoms with Crippen molar-refractivity contribution in [2.24, 2.45) is 0 Å². The molecule has 2 N–H and O–H groups in total. The number of aliphatic hydroxyl groups is 1. The summed E-state index contributed by atoms with van der Waals surface area (Å²) in [5.74, 6) is -0.844. The normalized spacial score (nSPS) is 26.8. The monoisotopic (exact) mass is 249 g/mol. The topological polar surface area (TPSA) is 58.6 Å². The molecule has 2 rings (SSSR count). The largest absolute Gasteiger partial charge is 0.416 e. The molecule has 4 nitrogen and oxygen atoms in total. The number of ether oxygens (including phenoxy) is 1. The quantitative estimate of drug-likeness (QED) is 0.707. The first-order valence-corrected chi connectivity index (χ1v) is 4.99. The van der Waals surface area contributed by atoms with E-state index in [9.17, 15) is 18.0 Å². The maximum atomic E-state index is 12.7. The van der Waals surface area contributed by atoms with Crippen LogP contribution >= 0.6 is 0 Å². The molecule has 2 aliphatic rings. The van der Waals surface area contributed by atoms with Crippen molar-refractivity contribution in [1.29, 1.82) is 0 Å². The van der Waals surface area contributed by atoms with Gasteiger partial charge in [-0.05, 0) is 0 Å². The van der Waals surface area contributed by atoms with Crippen molar-refractivity contribution in [3.8, 4) is 0 Å². The van der Waals surface area contributed by atoms with Gasteiger partial charge in [0.1, 0.15) is 12.2 Å². The molecule has 0 aliphatic carbocycles. The lowest BCUT2D eigenvalue weighted by molar-refractivity contribution is -0.119. The third-order valence-electron chi connectivity index (χ3n) is 2.56. The Morgan fingerprint density at radius 2 is 2.06 bits per heavy atom. The van der Waals surface area contributed by atoms with Crippen molar-refractivity contribution in [3.63, 3.8) is 0 Å². The molecule has 0 aromatic heterocycles. The highest BCUT2D eigenvalue weighted by Crippen LogP contribution is 2.43. The van der Waals surface area contributed by atoms with E-state index in [1.165, 1.54) is 12.2 Å². The second-order valence-electron chi connectivity index (χ2n) is 3.67. The smallest absolute Gasteiger partial charge is 0.395 e. The van der Waals surface area contributed by atoms with Crippen molar-refractivity contribution < 1.29 is 27.8 Å². The first-order chi connectivity index (χ1) is 7.95. The van der Waals surface area contributed by atoms with E-state index >= 15 is 0 Å². The zero-order chi connectivity index (χ0) is 12.6. The first-order valence-electron chi connectivity index (χ1n) is 4.99. The van der Waals surface area contributed by atoms with Crippen LogP contribution in [0.3, 0.4) is 0 Å². The van der Waals surface area contributed by atoms with Gasteiger partial charge >= 0.3 is 6.18 Å². The third-order valence-corrected chi connectivity index (χ3v) is 2.56. The number of hydrogen-bond acceptors (Lipinski definition) is 3. The zero-order valence-electron chi connectivity index (χ0n) is 8.62. The Morgan fingerprint density at radius 3 is 2.65 bits per heavy atom. The van der Waals surface area contributed by atoms with Gasteiger partial charge in [0.15, 0.2) is 0 Å². The Kier molecular flexibility index (Phi) is 2.96. The zero-order valence-corrected chi connectivity index (χ0v) is 8.62. The molecule has 2 bridgehead atoms. The maximum Gasteiger partial charge on any atom is 0.416 e. The average molecular weight is 249 g/mol. The molecular weight excluding hydrogens is 239 g/mol. The molecule has 2 unspecified atom stereocenters. The fourth-order valence-corrected chi connectivity index (χ4v) is 1.92. The molecule has 0 spiro atoms. The minimum atomic E-state index is -4.59. The molecule has 0 aromatic rings. The highest BCUT2D eigenvalue weighted by Gasteiger charge is 2.51. The fourth-order valence-electron chi connectivity index (χ4n) is 1.92. The van der Waals surface area contributed by atoms with Crippen LogP contribution in [0.15, 0.2) is 23.3 Å². The van der Waals surface area contributed by atoms with E-state index in [0.717, 1.165) is 0 Å². The summed E-state index contributed by atoms with van der Waals surface area (Å²) in [5, 5.41) is 10.7. The van der Waals surface area contributed by atoms with E-state index in [-0.39, 0.29) is 13.2 Å². The molecule has 0 saturated carbocycles. The molecule has 7 heteroatoms. The number of carbonyl (C=O) groups excluding carboxylic acids is 1. The molecule has 0 radical (unpaired) electrons. The van der Waals surface area contributed by atoms with Gasteiger partial charge in [0, 0.05) is 6.54 Å². The Hall–Kier alpha value is -1.34. The van der Waals surface area contributed by atoms with Crippen molar-refractivity contribution in [1.82, 2.24) is 5.32 Å². The van der Waals surface area contributed by atoms with Gasteiger partial charge in [0.05, 0.1) is 17.8 Å². The maximum absolute atomic E-state index is 12.7. The number of fused-ring (bicyclic) bond motifs is 2. The SMILES string of the molecule is O=C(NCCO)C1=C(C(F)(F)F)C2C=CC1O2. The summed E-state index contributed by atoms with van der Waals surface area (Å²) in [6.07, 6.45) is -4.00. The number of alkyl halides is 3. The Bertz CT molecular complexity index is 400. The predicted octanol–water partition coefficient (Wildman–Crippen LogP) is 0.291. The minimum absolute atomic E-state index is 0.0887. The lowest BCUT2D eigenvalue weighted by Crippen LogP contribution is -2.33. The van der Waals surface area contributed by atoms with Gasteiger partial charge in [-0.2, -0.15) is 13.2 Å². The molecule has 0 aromatic carbocycles. The van der Waals surface area contributed by atoms with Gasteiger partial charge in [0.25, 0.3) is 5.91 Å². The number of nitrogens with one attached hydrogen (secondary N) is 1. The summed E-state index contributed by atoms with van der Waals surface area (Å²) in [5.41, 5.74) is -1.35. The summed E-state index contributed by atoms with van der Waals surface area (Å²) in [6.45, 7) is -0.417. The number of amides is 1. The van der Waals surface area contributed by atoms with Crippen molar-refractivity contribution in [3.05, 3.63) is 23.3 Å². The highest BCUT2D eigenvalue weighted by atomic mass is 19.4. The molecular formula is C10H10F3NO3. The Labute approximate surface area is 94.7 Å². The summed E-state index contributed by atoms with van der Waals surface area (Å²) in [6, 6.07) is 0. The number of hydrogen-bond donors (Lipinski definition) is 2. The van der Waals surface area contributed by atoms with Gasteiger partial charge in [-0.3, -0.25) is 4.79 Å². The minimum Gasteiger partial charge on any atom is -0.395 e. The third kappa shape index (κ3) is 2.07. The van der Waals surface area contributed by atoms with E-state index in [1.54, 1.807) is 0 Å². The second kappa shape index (κ2) is 4.15. The van der Waals surface area contributed by atoms with Gasteiger partial charge in [0.2, 0.25) is 0 Å². The van der Waals surface area contributed by atoms with Crippen LogP contribution in [-0.4, -0.2) is 42.5 Å². The molecule has 0 fully saturated rings. The molecule has 17 heavy (non-hydrogen) atoms. The molecule has 2 atom stereocenters. The summed E-state index contributed by atoms with van der Waals surface area (Å²) in [7, 11) is 0. The van der Waals surface area contributed by atoms with E-state index in [2.05, 4.69) is 5.32 Å². The summed E-state index contributed by atoms with van der Waals surface area (Å²) >= 11 is 0. The number of carbonyl (C=O) groups is 1. The van der Waals surface area contributed by atoms with Crippen molar-refractivity contribution in [2.45, 2.75) is 18.4 Å². The van der Waals surface area contributed by atoms with Crippen LogP contribution in [-0.2, 0) is 9.53 Å². The van der Waals surface area contributed by atoms with Crippen LogP contribution < -0.4 is 5.32 Å². The summed E-state index contributed by atoms with van der Waals surface area (Å²) in [4.78, 5) is 11.6. The van der Waals surface area contributed by atoms with Crippen LogP contribution in [0.25, 0.3) is 0 Å². The van der Waals surface area contributed by atoms with Gasteiger partial charge in [-0.15, -0.1) is 0 Å². The van der Waals surface area contributed by atoms with Crippen LogP contribution in [0.1, 0.15) is 0 Å². The van der Waals surface area contributed by atoms with Crippen molar-refractivity contribution >= 4 is 5.91 Å². The predicted molar refractivity (Wildman–Crippen MR) is 51.0 cm³/mol. The molecule has 2 aliphatic heterocycles. The lowest BCUT2D eigenvalue weighted by atomic mass is 9.96.